The van der Waals surface area contributed by atoms with Gasteiger partial charge in [-0.25, -0.2) is 0 Å². The van der Waals surface area contributed by atoms with Crippen LogP contribution in [0.3, 0.4) is 0 Å². The van der Waals surface area contributed by atoms with Gasteiger partial charge in [0.2, 0.25) is 5.91 Å². The SMILES string of the molecule is CC1(C)NC(=O)CC1CCO. The Morgan fingerprint density at radius 1 is 1.73 bits per heavy atom. The molecule has 0 radical (unpaired) electrons. The van der Waals surface area contributed by atoms with Crippen molar-refractivity contribution in [1.29, 1.82) is 0 Å². The number of hydrogen-bond donors (Lipinski definition) is 2. The summed E-state index contributed by atoms with van der Waals surface area (Å²) in [5.74, 6) is 0.397. The molecule has 0 saturated carbocycles. The summed E-state index contributed by atoms with van der Waals surface area (Å²) in [6.07, 6.45) is 1.28. The fourth-order valence-electron chi connectivity index (χ4n) is 1.61. The number of rotatable bonds is 2. The Morgan fingerprint density at radius 2 is 2.36 bits per heavy atom. The molecule has 0 spiro atoms. The Morgan fingerprint density at radius 3 is 2.73 bits per heavy atom. The van der Waals surface area contributed by atoms with E-state index in [1.165, 1.54) is 0 Å². The molecule has 1 fully saturated rings. The van der Waals surface area contributed by atoms with Crippen LogP contribution in [0.5, 0.6) is 0 Å². The van der Waals surface area contributed by atoms with Gasteiger partial charge >= 0.3 is 0 Å². The fourth-order valence-corrected chi connectivity index (χ4v) is 1.61. The molecule has 1 rings (SSSR count). The molecule has 3 heteroatoms. The minimum absolute atomic E-state index is 0.105. The molecule has 2 N–H and O–H groups in total. The van der Waals surface area contributed by atoms with Crippen molar-refractivity contribution in [3.63, 3.8) is 0 Å². The van der Waals surface area contributed by atoms with Gasteiger partial charge in [0.05, 0.1) is 0 Å². The molecule has 1 aliphatic heterocycles. The Bertz CT molecular complexity index is 165. The number of carbonyl (C=O) groups excluding carboxylic acids is 1. The van der Waals surface area contributed by atoms with E-state index in [2.05, 4.69) is 5.32 Å². The average Bonchev–Trinajstić information content (AvgIpc) is 2.07. The van der Waals surface area contributed by atoms with E-state index in [1.54, 1.807) is 0 Å². The Balaban J connectivity index is 2.58. The maximum atomic E-state index is 11.0. The quantitative estimate of drug-likeness (QED) is 0.605. The lowest BCUT2D eigenvalue weighted by molar-refractivity contribution is -0.119. The highest BCUT2D eigenvalue weighted by molar-refractivity contribution is 5.79. The van der Waals surface area contributed by atoms with Crippen molar-refractivity contribution < 1.29 is 9.90 Å². The number of nitrogens with one attached hydrogen (secondary N) is 1. The Hall–Kier alpha value is -0.570. The van der Waals surface area contributed by atoms with Crippen molar-refractivity contribution in [2.45, 2.75) is 32.2 Å². The van der Waals surface area contributed by atoms with E-state index in [0.717, 1.165) is 0 Å². The van der Waals surface area contributed by atoms with Crippen LogP contribution in [0.1, 0.15) is 26.7 Å². The molecule has 1 saturated heterocycles. The van der Waals surface area contributed by atoms with Gasteiger partial charge < -0.3 is 10.4 Å². The third-order valence-corrected chi connectivity index (χ3v) is 2.39. The van der Waals surface area contributed by atoms with Gasteiger partial charge in [0.1, 0.15) is 0 Å². The molecule has 0 aliphatic carbocycles. The molecule has 3 nitrogen and oxygen atoms in total. The lowest BCUT2D eigenvalue weighted by atomic mass is 9.87. The first-order valence-electron chi connectivity index (χ1n) is 3.98. The number of carbonyl (C=O) groups is 1. The second-order valence-electron chi connectivity index (χ2n) is 3.68. The van der Waals surface area contributed by atoms with Crippen molar-refractivity contribution in [3.8, 4) is 0 Å². The number of aliphatic hydroxyl groups excluding tert-OH is 1. The largest absolute Gasteiger partial charge is 0.396 e. The number of amides is 1. The molecular weight excluding hydrogens is 142 g/mol. The van der Waals surface area contributed by atoms with Gasteiger partial charge in [-0.2, -0.15) is 0 Å². The fraction of sp³-hybridized carbons (Fsp3) is 0.875. The zero-order valence-corrected chi connectivity index (χ0v) is 7.05. The van der Waals surface area contributed by atoms with Crippen LogP contribution in [-0.4, -0.2) is 23.2 Å². The predicted molar refractivity (Wildman–Crippen MR) is 42.0 cm³/mol. The van der Waals surface area contributed by atoms with Gasteiger partial charge in [0.25, 0.3) is 0 Å². The molecule has 0 aromatic carbocycles. The van der Waals surface area contributed by atoms with Gasteiger partial charge in [0, 0.05) is 18.6 Å². The van der Waals surface area contributed by atoms with Crippen molar-refractivity contribution >= 4 is 5.91 Å². The molecule has 0 aromatic rings. The zero-order valence-electron chi connectivity index (χ0n) is 7.05. The van der Waals surface area contributed by atoms with E-state index in [9.17, 15) is 4.79 Å². The minimum atomic E-state index is -0.125. The summed E-state index contributed by atoms with van der Waals surface area (Å²) in [5, 5.41) is 11.6. The second-order valence-corrected chi connectivity index (χ2v) is 3.68. The molecular formula is C8H15NO2. The molecule has 1 heterocycles. The summed E-state index contributed by atoms with van der Waals surface area (Å²) in [5.41, 5.74) is -0.125. The minimum Gasteiger partial charge on any atom is -0.396 e. The number of aliphatic hydroxyl groups is 1. The summed E-state index contributed by atoms with van der Waals surface area (Å²) in [6, 6.07) is 0. The van der Waals surface area contributed by atoms with Crippen LogP contribution >= 0.6 is 0 Å². The van der Waals surface area contributed by atoms with Crippen molar-refractivity contribution in [2.75, 3.05) is 6.61 Å². The molecule has 1 unspecified atom stereocenters. The van der Waals surface area contributed by atoms with Crippen molar-refractivity contribution in [3.05, 3.63) is 0 Å². The zero-order chi connectivity index (χ0) is 8.48. The highest BCUT2D eigenvalue weighted by Gasteiger charge is 2.38. The van der Waals surface area contributed by atoms with Gasteiger partial charge in [-0.3, -0.25) is 4.79 Å². The summed E-state index contributed by atoms with van der Waals surface area (Å²) < 4.78 is 0. The van der Waals surface area contributed by atoms with E-state index in [1.807, 2.05) is 13.8 Å². The van der Waals surface area contributed by atoms with E-state index >= 15 is 0 Å². The third kappa shape index (κ3) is 1.71. The van der Waals surface area contributed by atoms with Gasteiger partial charge in [0.15, 0.2) is 0 Å². The smallest absolute Gasteiger partial charge is 0.220 e. The summed E-state index contributed by atoms with van der Waals surface area (Å²) in [7, 11) is 0. The standard InChI is InChI=1S/C8H15NO2/c1-8(2)6(3-4-10)5-7(11)9-8/h6,10H,3-5H2,1-2H3,(H,9,11). The predicted octanol–water partition coefficient (Wildman–Crippen LogP) is 0.283. The first-order chi connectivity index (χ1) is 5.06. The summed E-state index contributed by atoms with van der Waals surface area (Å²) in [4.78, 5) is 11.0. The molecule has 1 atom stereocenters. The van der Waals surface area contributed by atoms with E-state index < -0.39 is 0 Å². The maximum Gasteiger partial charge on any atom is 0.220 e. The first-order valence-corrected chi connectivity index (χ1v) is 3.98. The highest BCUT2D eigenvalue weighted by Crippen LogP contribution is 2.28. The van der Waals surface area contributed by atoms with Crippen LogP contribution in [0.2, 0.25) is 0 Å². The van der Waals surface area contributed by atoms with E-state index in [-0.39, 0.29) is 18.1 Å². The van der Waals surface area contributed by atoms with Crippen LogP contribution in [-0.2, 0) is 4.79 Å². The van der Waals surface area contributed by atoms with Gasteiger partial charge in [-0.1, -0.05) is 0 Å². The first kappa shape index (κ1) is 8.53. The normalized spacial score (nSPS) is 28.6. The van der Waals surface area contributed by atoms with E-state index in [0.29, 0.717) is 18.8 Å². The maximum absolute atomic E-state index is 11.0. The highest BCUT2D eigenvalue weighted by atomic mass is 16.3. The van der Waals surface area contributed by atoms with Crippen LogP contribution in [0.25, 0.3) is 0 Å². The van der Waals surface area contributed by atoms with Crippen LogP contribution in [0.15, 0.2) is 0 Å². The molecule has 0 bridgehead atoms. The monoisotopic (exact) mass is 157 g/mol. The van der Waals surface area contributed by atoms with Crippen molar-refractivity contribution in [1.82, 2.24) is 5.32 Å². The summed E-state index contributed by atoms with van der Waals surface area (Å²) in [6.45, 7) is 4.17. The molecule has 11 heavy (non-hydrogen) atoms. The van der Waals surface area contributed by atoms with Crippen LogP contribution in [0, 0.1) is 5.92 Å². The molecule has 1 aliphatic rings. The Labute approximate surface area is 66.8 Å². The lowest BCUT2D eigenvalue weighted by Crippen LogP contribution is -2.39. The van der Waals surface area contributed by atoms with Crippen LogP contribution in [0.4, 0.5) is 0 Å². The van der Waals surface area contributed by atoms with Crippen LogP contribution < -0.4 is 5.32 Å². The lowest BCUT2D eigenvalue weighted by Gasteiger charge is -2.25. The summed E-state index contributed by atoms with van der Waals surface area (Å²) >= 11 is 0. The van der Waals surface area contributed by atoms with Crippen molar-refractivity contribution in [2.24, 2.45) is 5.92 Å². The molecule has 1 amide bonds. The van der Waals surface area contributed by atoms with E-state index in [4.69, 9.17) is 5.11 Å². The van der Waals surface area contributed by atoms with Gasteiger partial charge in [-0.05, 0) is 26.2 Å². The average molecular weight is 157 g/mol. The second kappa shape index (κ2) is 2.81. The molecule has 64 valence electrons. The number of hydrogen-bond acceptors (Lipinski definition) is 2. The van der Waals surface area contributed by atoms with Gasteiger partial charge in [-0.15, -0.1) is 0 Å². The third-order valence-electron chi connectivity index (χ3n) is 2.39. The molecule has 0 aromatic heterocycles. The Kier molecular flexibility index (Phi) is 2.18. The topological polar surface area (TPSA) is 49.3 Å².